The van der Waals surface area contributed by atoms with Crippen molar-refractivity contribution < 1.29 is 17.9 Å². The summed E-state index contributed by atoms with van der Waals surface area (Å²) in [5.74, 6) is 0.732. The molecule has 0 bridgehead atoms. The zero-order chi connectivity index (χ0) is 21.0. The van der Waals surface area contributed by atoms with Crippen LogP contribution < -0.4 is 14.8 Å². The predicted molar refractivity (Wildman–Crippen MR) is 115 cm³/mol. The second-order valence-corrected chi connectivity index (χ2v) is 9.57. The minimum Gasteiger partial charge on any atom is -0.497 e. The first-order valence-corrected chi connectivity index (χ1v) is 11.4. The zero-order valence-corrected chi connectivity index (χ0v) is 18.1. The van der Waals surface area contributed by atoms with E-state index in [2.05, 4.69) is 15.0 Å². The minimum absolute atomic E-state index is 0.00117. The minimum atomic E-state index is -3.66. The van der Waals surface area contributed by atoms with Crippen molar-refractivity contribution >= 4 is 42.6 Å². The molecule has 0 saturated carbocycles. The molecule has 0 radical (unpaired) electrons. The highest BCUT2D eigenvalue weighted by Gasteiger charge is 2.15. The fourth-order valence-electron chi connectivity index (χ4n) is 2.68. The Balaban J connectivity index is 1.55. The van der Waals surface area contributed by atoms with Gasteiger partial charge in [0.05, 0.1) is 22.2 Å². The molecule has 7 nitrogen and oxygen atoms in total. The Morgan fingerprint density at radius 1 is 1.17 bits per heavy atom. The van der Waals surface area contributed by atoms with Gasteiger partial charge in [0.25, 0.3) is 0 Å². The standard InChI is InChI=1S/C20H23N3O4S2/c1-13(2)14-4-7-16(8-5-14)29(25,26)21-11-10-19(24)23-20-22-17-9-6-15(27-3)12-18(17)28-20/h4-9,12-13,21H,10-11H2,1-3H3,(H,22,23,24). The Labute approximate surface area is 174 Å². The SMILES string of the molecule is COc1ccc2nc(NC(=O)CCNS(=O)(=O)c3ccc(C(C)C)cc3)sc2c1. The Kier molecular flexibility index (Phi) is 6.51. The number of aromatic nitrogens is 1. The average molecular weight is 434 g/mol. The first-order valence-electron chi connectivity index (χ1n) is 9.12. The van der Waals surface area contributed by atoms with E-state index in [0.29, 0.717) is 11.0 Å². The zero-order valence-electron chi connectivity index (χ0n) is 16.4. The van der Waals surface area contributed by atoms with Gasteiger partial charge in [0.1, 0.15) is 5.75 Å². The van der Waals surface area contributed by atoms with E-state index in [0.717, 1.165) is 21.5 Å². The molecule has 3 aromatic rings. The van der Waals surface area contributed by atoms with Crippen LogP contribution in [0.5, 0.6) is 5.75 Å². The molecule has 0 aliphatic carbocycles. The van der Waals surface area contributed by atoms with Crippen molar-refractivity contribution in [2.24, 2.45) is 0 Å². The van der Waals surface area contributed by atoms with E-state index in [4.69, 9.17) is 4.74 Å². The number of benzene rings is 2. The van der Waals surface area contributed by atoms with E-state index in [1.165, 1.54) is 11.3 Å². The molecule has 2 N–H and O–H groups in total. The fourth-order valence-corrected chi connectivity index (χ4v) is 4.62. The number of hydrogen-bond acceptors (Lipinski definition) is 6. The van der Waals surface area contributed by atoms with Gasteiger partial charge in [-0.15, -0.1) is 0 Å². The number of anilines is 1. The van der Waals surface area contributed by atoms with Gasteiger partial charge in [-0.25, -0.2) is 18.1 Å². The molecule has 0 atom stereocenters. The highest BCUT2D eigenvalue weighted by molar-refractivity contribution is 7.89. The summed E-state index contributed by atoms with van der Waals surface area (Å²) in [6.07, 6.45) is 0.00253. The van der Waals surface area contributed by atoms with E-state index in [1.807, 2.05) is 26.0 Å². The smallest absolute Gasteiger partial charge is 0.240 e. The molecule has 1 aromatic heterocycles. The number of rotatable bonds is 8. The number of carbonyl (C=O) groups is 1. The van der Waals surface area contributed by atoms with Gasteiger partial charge in [-0.05, 0) is 41.8 Å². The maximum Gasteiger partial charge on any atom is 0.240 e. The van der Waals surface area contributed by atoms with Gasteiger partial charge in [0.15, 0.2) is 5.13 Å². The van der Waals surface area contributed by atoms with Gasteiger partial charge in [-0.2, -0.15) is 0 Å². The van der Waals surface area contributed by atoms with Crippen LogP contribution in [0, 0.1) is 0 Å². The van der Waals surface area contributed by atoms with Crippen LogP contribution in [0.1, 0.15) is 31.7 Å². The molecule has 1 amide bonds. The van der Waals surface area contributed by atoms with E-state index >= 15 is 0 Å². The third-order valence-electron chi connectivity index (χ3n) is 4.34. The summed E-state index contributed by atoms with van der Waals surface area (Å²) < 4.78 is 33.3. The lowest BCUT2D eigenvalue weighted by molar-refractivity contribution is -0.116. The summed E-state index contributed by atoms with van der Waals surface area (Å²) >= 11 is 1.33. The molecule has 0 spiro atoms. The lowest BCUT2D eigenvalue weighted by atomic mass is 10.0. The Morgan fingerprint density at radius 3 is 2.55 bits per heavy atom. The number of fused-ring (bicyclic) bond motifs is 1. The van der Waals surface area contributed by atoms with Crippen molar-refractivity contribution in [3.63, 3.8) is 0 Å². The molecule has 0 aliphatic heterocycles. The lowest BCUT2D eigenvalue weighted by Crippen LogP contribution is -2.27. The number of thiazole rings is 1. The van der Waals surface area contributed by atoms with Crippen LogP contribution in [0.15, 0.2) is 47.4 Å². The molecule has 0 aliphatic rings. The van der Waals surface area contributed by atoms with Crippen LogP contribution in [0.3, 0.4) is 0 Å². The third kappa shape index (κ3) is 5.31. The monoisotopic (exact) mass is 433 g/mol. The van der Waals surface area contributed by atoms with Gasteiger partial charge in [0.2, 0.25) is 15.9 Å². The van der Waals surface area contributed by atoms with Crippen molar-refractivity contribution in [1.82, 2.24) is 9.71 Å². The molecule has 2 aromatic carbocycles. The maximum atomic E-state index is 12.4. The summed E-state index contributed by atoms with van der Waals surface area (Å²) in [5.41, 5.74) is 1.83. The van der Waals surface area contributed by atoms with Gasteiger partial charge in [-0.1, -0.05) is 37.3 Å². The van der Waals surface area contributed by atoms with Crippen LogP contribution in [-0.4, -0.2) is 33.0 Å². The van der Waals surface area contributed by atoms with Gasteiger partial charge >= 0.3 is 0 Å². The van der Waals surface area contributed by atoms with Crippen molar-refractivity contribution in [2.45, 2.75) is 31.1 Å². The van der Waals surface area contributed by atoms with Crippen molar-refractivity contribution in [3.8, 4) is 5.75 Å². The normalized spacial score (nSPS) is 11.7. The molecule has 1 heterocycles. The van der Waals surface area contributed by atoms with Crippen LogP contribution in [0.2, 0.25) is 0 Å². The Bertz CT molecular complexity index is 1110. The van der Waals surface area contributed by atoms with E-state index in [-0.39, 0.29) is 23.8 Å². The quantitative estimate of drug-likeness (QED) is 0.564. The van der Waals surface area contributed by atoms with Crippen LogP contribution in [-0.2, 0) is 14.8 Å². The summed E-state index contributed by atoms with van der Waals surface area (Å²) in [6.45, 7) is 4.09. The van der Waals surface area contributed by atoms with Crippen LogP contribution in [0.25, 0.3) is 10.2 Å². The van der Waals surface area contributed by atoms with Crippen LogP contribution in [0.4, 0.5) is 5.13 Å². The van der Waals surface area contributed by atoms with Crippen molar-refractivity contribution in [2.75, 3.05) is 19.0 Å². The van der Waals surface area contributed by atoms with Crippen LogP contribution >= 0.6 is 11.3 Å². The average Bonchev–Trinajstić information content (AvgIpc) is 3.08. The second-order valence-electron chi connectivity index (χ2n) is 6.77. The first-order chi connectivity index (χ1) is 13.8. The first kappa shape index (κ1) is 21.2. The van der Waals surface area contributed by atoms with Gasteiger partial charge < -0.3 is 10.1 Å². The number of amides is 1. The number of nitrogens with one attached hydrogen (secondary N) is 2. The maximum absolute atomic E-state index is 12.4. The highest BCUT2D eigenvalue weighted by atomic mass is 32.2. The molecule has 9 heteroatoms. The number of methoxy groups -OCH3 is 1. The summed E-state index contributed by atoms with van der Waals surface area (Å²) in [4.78, 5) is 16.7. The molecule has 3 rings (SSSR count). The fraction of sp³-hybridized carbons (Fsp3) is 0.300. The number of carbonyl (C=O) groups excluding carboxylic acids is 1. The number of nitrogens with zero attached hydrogens (tertiary/aromatic N) is 1. The largest absolute Gasteiger partial charge is 0.497 e. The molecule has 154 valence electrons. The molecule has 0 fully saturated rings. The van der Waals surface area contributed by atoms with E-state index in [1.54, 1.807) is 37.4 Å². The highest BCUT2D eigenvalue weighted by Crippen LogP contribution is 2.29. The third-order valence-corrected chi connectivity index (χ3v) is 6.75. The Morgan fingerprint density at radius 2 is 1.90 bits per heavy atom. The number of sulfonamides is 1. The molecular formula is C20H23N3O4S2. The number of hydrogen-bond donors (Lipinski definition) is 2. The molecular weight excluding hydrogens is 410 g/mol. The summed E-state index contributed by atoms with van der Waals surface area (Å²) in [6, 6.07) is 12.2. The van der Waals surface area contributed by atoms with E-state index in [9.17, 15) is 13.2 Å². The second kappa shape index (κ2) is 8.89. The van der Waals surface area contributed by atoms with E-state index < -0.39 is 10.0 Å². The van der Waals surface area contributed by atoms with Crippen molar-refractivity contribution in [3.05, 3.63) is 48.0 Å². The molecule has 0 saturated heterocycles. The predicted octanol–water partition coefficient (Wildman–Crippen LogP) is 3.74. The summed E-state index contributed by atoms with van der Waals surface area (Å²) in [5, 5.41) is 3.17. The molecule has 0 unspecified atom stereocenters. The Hall–Kier alpha value is -2.49. The van der Waals surface area contributed by atoms with Gasteiger partial charge in [0, 0.05) is 13.0 Å². The lowest BCUT2D eigenvalue weighted by Gasteiger charge is -2.09. The van der Waals surface area contributed by atoms with Crippen molar-refractivity contribution in [1.29, 1.82) is 0 Å². The topological polar surface area (TPSA) is 97.4 Å². The van der Waals surface area contributed by atoms with Gasteiger partial charge in [-0.3, -0.25) is 4.79 Å². The number of ether oxygens (including phenoxy) is 1. The molecule has 29 heavy (non-hydrogen) atoms. The summed E-state index contributed by atoms with van der Waals surface area (Å²) in [7, 11) is -2.07.